The highest BCUT2D eigenvalue weighted by atomic mass is 19.3. The number of unbranched alkanes of at least 4 members (excludes halogenated alkanes) is 1. The molecule has 0 aromatic carbocycles. The Morgan fingerprint density at radius 2 is 2.25 bits per heavy atom. The minimum Gasteiger partial charge on any atom is -0.173 e. The van der Waals surface area contributed by atoms with Crippen LogP contribution < -0.4 is 0 Å². The van der Waals surface area contributed by atoms with E-state index in [1.165, 1.54) is 18.9 Å². The van der Waals surface area contributed by atoms with E-state index in [0.29, 0.717) is 0 Å². The Bertz CT molecular complexity index is 174. The summed E-state index contributed by atoms with van der Waals surface area (Å²) >= 11 is 0. The summed E-state index contributed by atoms with van der Waals surface area (Å²) in [5.74, 6) is 0.826. The molecule has 2 heteroatoms. The molecule has 1 unspecified atom stereocenters. The summed E-state index contributed by atoms with van der Waals surface area (Å²) in [4.78, 5) is 0. The molecule has 0 saturated heterocycles. The van der Waals surface area contributed by atoms with E-state index < -0.39 is 6.08 Å². The zero-order valence-corrected chi connectivity index (χ0v) is 6.97. The first kappa shape index (κ1) is 9.43. The van der Waals surface area contributed by atoms with Crippen molar-refractivity contribution in [2.24, 2.45) is 5.92 Å². The molecule has 0 N–H and O–H groups in total. The summed E-state index contributed by atoms with van der Waals surface area (Å²) in [6, 6.07) is 0. The standard InChI is InChI=1S/C10H13F2/c11-10(12)6-4-2-1-3-5-9-7-8-9/h2,4,6-7,9H,1,3,5,8H2. The first-order chi connectivity index (χ1) is 5.79. The van der Waals surface area contributed by atoms with Gasteiger partial charge in [0.15, 0.2) is 0 Å². The van der Waals surface area contributed by atoms with Crippen LogP contribution in [0.25, 0.3) is 0 Å². The molecule has 1 aliphatic carbocycles. The van der Waals surface area contributed by atoms with Crippen molar-refractivity contribution in [1.29, 1.82) is 0 Å². The fourth-order valence-electron chi connectivity index (χ4n) is 1.07. The Balaban J connectivity index is 1.93. The van der Waals surface area contributed by atoms with Crippen molar-refractivity contribution in [1.82, 2.24) is 0 Å². The average molecular weight is 171 g/mol. The van der Waals surface area contributed by atoms with Crippen molar-refractivity contribution in [3.05, 3.63) is 30.7 Å². The topological polar surface area (TPSA) is 0 Å². The van der Waals surface area contributed by atoms with Crippen LogP contribution in [0.2, 0.25) is 0 Å². The molecule has 1 rings (SSSR count). The number of hydrogen-bond acceptors (Lipinski definition) is 0. The molecule has 0 nitrogen and oxygen atoms in total. The third-order valence-electron chi connectivity index (χ3n) is 1.87. The molecule has 1 saturated carbocycles. The zero-order valence-electron chi connectivity index (χ0n) is 6.97. The van der Waals surface area contributed by atoms with Crippen LogP contribution in [0.3, 0.4) is 0 Å². The molecule has 1 atom stereocenters. The van der Waals surface area contributed by atoms with E-state index in [1.807, 2.05) is 0 Å². The normalized spacial score (nSPS) is 16.8. The second-order valence-corrected chi connectivity index (χ2v) is 3.05. The highest BCUT2D eigenvalue weighted by Gasteiger charge is 2.20. The number of halogens is 2. The van der Waals surface area contributed by atoms with E-state index in [-0.39, 0.29) is 0 Å². The van der Waals surface area contributed by atoms with Gasteiger partial charge in [-0.05, 0) is 38.0 Å². The van der Waals surface area contributed by atoms with Crippen molar-refractivity contribution in [2.45, 2.75) is 25.7 Å². The van der Waals surface area contributed by atoms with Crippen molar-refractivity contribution >= 4 is 0 Å². The molecule has 0 spiro atoms. The first-order valence-corrected chi connectivity index (χ1v) is 4.30. The molecule has 0 aromatic heterocycles. The molecule has 0 heterocycles. The van der Waals surface area contributed by atoms with Crippen LogP contribution in [0.4, 0.5) is 8.78 Å². The van der Waals surface area contributed by atoms with E-state index in [0.717, 1.165) is 24.8 Å². The van der Waals surface area contributed by atoms with Gasteiger partial charge in [0.05, 0.1) is 0 Å². The Kier molecular flexibility index (Phi) is 3.98. The van der Waals surface area contributed by atoms with Crippen molar-refractivity contribution < 1.29 is 8.78 Å². The van der Waals surface area contributed by atoms with Crippen molar-refractivity contribution in [3.63, 3.8) is 0 Å². The summed E-state index contributed by atoms with van der Waals surface area (Å²) in [6.45, 7) is 0. The van der Waals surface area contributed by atoms with E-state index in [9.17, 15) is 8.78 Å². The lowest BCUT2D eigenvalue weighted by atomic mass is 10.2. The smallest absolute Gasteiger partial charge is 0.173 e. The molecule has 12 heavy (non-hydrogen) atoms. The summed E-state index contributed by atoms with van der Waals surface area (Å²) in [6.07, 6.45) is 9.20. The molecule has 0 aromatic rings. The van der Waals surface area contributed by atoms with Crippen molar-refractivity contribution in [2.75, 3.05) is 0 Å². The van der Waals surface area contributed by atoms with Gasteiger partial charge in [-0.15, -0.1) is 0 Å². The second-order valence-electron chi connectivity index (χ2n) is 3.05. The van der Waals surface area contributed by atoms with Crippen LogP contribution in [0.5, 0.6) is 0 Å². The molecule has 0 amide bonds. The fraction of sp³-hybridized carbons (Fsp3) is 0.500. The van der Waals surface area contributed by atoms with Crippen LogP contribution >= 0.6 is 0 Å². The largest absolute Gasteiger partial charge is 0.270 e. The molecule has 1 radical (unpaired) electrons. The predicted octanol–water partition coefficient (Wildman–Crippen LogP) is 3.72. The fourth-order valence-corrected chi connectivity index (χ4v) is 1.07. The molecule has 0 bridgehead atoms. The van der Waals surface area contributed by atoms with Gasteiger partial charge in [-0.25, -0.2) is 0 Å². The van der Waals surface area contributed by atoms with Gasteiger partial charge in [0.1, 0.15) is 0 Å². The quantitative estimate of drug-likeness (QED) is 0.437. The molecule has 1 aliphatic rings. The van der Waals surface area contributed by atoms with Crippen molar-refractivity contribution in [3.8, 4) is 0 Å². The third kappa shape index (κ3) is 5.05. The average Bonchev–Trinajstić information content (AvgIpc) is 2.79. The number of rotatable bonds is 5. The van der Waals surface area contributed by atoms with Gasteiger partial charge in [0.25, 0.3) is 6.08 Å². The first-order valence-electron chi connectivity index (χ1n) is 4.30. The number of hydrogen-bond donors (Lipinski definition) is 0. The maximum atomic E-state index is 11.5. The zero-order chi connectivity index (χ0) is 8.81. The highest BCUT2D eigenvalue weighted by Crippen LogP contribution is 2.32. The van der Waals surface area contributed by atoms with Gasteiger partial charge >= 0.3 is 0 Å². The van der Waals surface area contributed by atoms with Gasteiger partial charge in [-0.3, -0.25) is 0 Å². The third-order valence-corrected chi connectivity index (χ3v) is 1.87. The maximum absolute atomic E-state index is 11.5. The van der Waals surface area contributed by atoms with Crippen LogP contribution in [0, 0.1) is 12.3 Å². The monoisotopic (exact) mass is 171 g/mol. The maximum Gasteiger partial charge on any atom is 0.270 e. The number of allylic oxidation sites excluding steroid dienone is 3. The minimum atomic E-state index is -1.62. The van der Waals surface area contributed by atoms with E-state index in [1.54, 1.807) is 6.08 Å². The summed E-state index contributed by atoms with van der Waals surface area (Å²) in [7, 11) is 0. The summed E-state index contributed by atoms with van der Waals surface area (Å²) in [5, 5.41) is 0. The molecular formula is C10H13F2. The lowest BCUT2D eigenvalue weighted by molar-refractivity contribution is 0.422. The lowest BCUT2D eigenvalue weighted by Crippen LogP contribution is -1.75. The Hall–Kier alpha value is -0.660. The molecule has 0 aliphatic heterocycles. The second kappa shape index (κ2) is 5.07. The molecular weight excluding hydrogens is 158 g/mol. The van der Waals surface area contributed by atoms with Crippen LogP contribution in [0.1, 0.15) is 25.7 Å². The minimum absolute atomic E-state index is 0.826. The summed E-state index contributed by atoms with van der Waals surface area (Å²) < 4.78 is 23.0. The van der Waals surface area contributed by atoms with Gasteiger partial charge in [-0.1, -0.05) is 12.2 Å². The Labute approximate surface area is 72.0 Å². The Morgan fingerprint density at radius 1 is 1.50 bits per heavy atom. The molecule has 1 fully saturated rings. The van der Waals surface area contributed by atoms with E-state index >= 15 is 0 Å². The van der Waals surface area contributed by atoms with Crippen LogP contribution in [0.15, 0.2) is 24.3 Å². The van der Waals surface area contributed by atoms with Gasteiger partial charge < -0.3 is 0 Å². The SMILES string of the molecule is FC(F)=CC=CCCCC1[CH]C1. The highest BCUT2D eigenvalue weighted by molar-refractivity contribution is 5.02. The van der Waals surface area contributed by atoms with Crippen LogP contribution in [-0.4, -0.2) is 0 Å². The lowest BCUT2D eigenvalue weighted by Gasteiger charge is -1.91. The summed E-state index contributed by atoms with van der Waals surface area (Å²) in [5.41, 5.74) is 0. The van der Waals surface area contributed by atoms with Gasteiger partial charge in [0.2, 0.25) is 0 Å². The van der Waals surface area contributed by atoms with Gasteiger partial charge in [-0.2, -0.15) is 8.78 Å². The Morgan fingerprint density at radius 3 is 2.83 bits per heavy atom. The van der Waals surface area contributed by atoms with E-state index in [2.05, 4.69) is 6.42 Å². The predicted molar refractivity (Wildman–Crippen MR) is 45.7 cm³/mol. The van der Waals surface area contributed by atoms with Crippen LogP contribution in [-0.2, 0) is 0 Å². The van der Waals surface area contributed by atoms with E-state index in [4.69, 9.17) is 0 Å². The molecule has 67 valence electrons. The van der Waals surface area contributed by atoms with Gasteiger partial charge in [0, 0.05) is 6.08 Å².